The van der Waals surface area contributed by atoms with Crippen molar-refractivity contribution in [1.82, 2.24) is 20.3 Å². The summed E-state index contributed by atoms with van der Waals surface area (Å²) in [5.41, 5.74) is 4.70. The Balaban J connectivity index is 1.61. The number of hydrogen-bond acceptors (Lipinski definition) is 5. The van der Waals surface area contributed by atoms with Gasteiger partial charge in [0.2, 0.25) is 11.8 Å². The highest BCUT2D eigenvalue weighted by Crippen LogP contribution is 2.34. The van der Waals surface area contributed by atoms with E-state index >= 15 is 0 Å². The Bertz CT molecular complexity index is 1480. The average Bonchev–Trinajstić information content (AvgIpc) is 3.54. The summed E-state index contributed by atoms with van der Waals surface area (Å²) < 4.78 is 1.57. The number of amides is 2. The lowest BCUT2D eigenvalue weighted by atomic mass is 9.97. The number of phenolic OH excluding ortho intramolecular Hbond substituents is 1. The van der Waals surface area contributed by atoms with Crippen LogP contribution >= 0.6 is 0 Å². The normalized spacial score (nSPS) is 13.8. The number of aryl methyl sites for hydroxylation is 2. The maximum absolute atomic E-state index is 14.2. The molecule has 1 atom stereocenters. The number of nitrogens with one attached hydrogen (secondary N) is 1. The fraction of sp³-hybridized carbons (Fsp3) is 0.333. The van der Waals surface area contributed by atoms with E-state index in [0.29, 0.717) is 16.8 Å². The van der Waals surface area contributed by atoms with Crippen LogP contribution in [-0.2, 0) is 29.0 Å². The summed E-state index contributed by atoms with van der Waals surface area (Å²) in [6.07, 6.45) is 3.75. The van der Waals surface area contributed by atoms with Crippen LogP contribution in [0, 0.1) is 0 Å². The van der Waals surface area contributed by atoms with E-state index < -0.39 is 11.6 Å². The average molecular weight is 512 g/mol. The highest BCUT2D eigenvalue weighted by molar-refractivity contribution is 6.01. The van der Waals surface area contributed by atoms with Gasteiger partial charge < -0.3 is 10.4 Å². The zero-order valence-electron chi connectivity index (χ0n) is 22.0. The van der Waals surface area contributed by atoms with Crippen LogP contribution in [0.3, 0.4) is 0 Å². The minimum Gasteiger partial charge on any atom is -0.508 e. The Morgan fingerprint density at radius 1 is 1.05 bits per heavy atom. The summed E-state index contributed by atoms with van der Waals surface area (Å²) >= 11 is 0. The van der Waals surface area contributed by atoms with E-state index in [1.807, 2.05) is 57.2 Å². The molecule has 0 fully saturated rings. The molecule has 1 aliphatic carbocycles. The van der Waals surface area contributed by atoms with Gasteiger partial charge in [0.25, 0.3) is 0 Å². The van der Waals surface area contributed by atoms with Crippen LogP contribution in [0.1, 0.15) is 56.3 Å². The molecule has 2 amide bonds. The molecule has 4 aromatic rings. The first-order chi connectivity index (χ1) is 18.3. The van der Waals surface area contributed by atoms with Gasteiger partial charge in [-0.25, -0.2) is 4.68 Å². The lowest BCUT2D eigenvalue weighted by molar-refractivity contribution is -0.128. The number of carbonyl (C=O) groups excluding carboxylic acids is 2. The number of para-hydroxylation sites is 1. The second-order valence-corrected chi connectivity index (χ2v) is 10.5. The van der Waals surface area contributed by atoms with Crippen LogP contribution in [0.5, 0.6) is 5.75 Å². The van der Waals surface area contributed by atoms with Gasteiger partial charge in [-0.05, 0) is 92.6 Å². The fourth-order valence-corrected chi connectivity index (χ4v) is 4.95. The van der Waals surface area contributed by atoms with Crippen molar-refractivity contribution >= 4 is 28.5 Å². The summed E-state index contributed by atoms with van der Waals surface area (Å²) in [7, 11) is 0. The smallest absolute Gasteiger partial charge is 0.249 e. The molecule has 0 radical (unpaired) electrons. The number of hydrogen-bond donors (Lipinski definition) is 2. The molecule has 8 nitrogen and oxygen atoms in total. The van der Waals surface area contributed by atoms with Crippen molar-refractivity contribution < 1.29 is 14.7 Å². The fourth-order valence-electron chi connectivity index (χ4n) is 4.95. The molecule has 1 aliphatic rings. The van der Waals surface area contributed by atoms with Gasteiger partial charge in [0.05, 0.1) is 5.52 Å². The van der Waals surface area contributed by atoms with Crippen molar-refractivity contribution in [3.63, 3.8) is 0 Å². The van der Waals surface area contributed by atoms with Gasteiger partial charge in [-0.2, -0.15) is 0 Å². The summed E-state index contributed by atoms with van der Waals surface area (Å²) in [5, 5.41) is 21.5. The maximum atomic E-state index is 14.2. The van der Waals surface area contributed by atoms with Crippen LogP contribution in [0.25, 0.3) is 11.0 Å². The molecule has 1 heterocycles. The van der Waals surface area contributed by atoms with Crippen LogP contribution < -0.4 is 10.2 Å². The van der Waals surface area contributed by atoms with Gasteiger partial charge in [0.15, 0.2) is 0 Å². The van der Waals surface area contributed by atoms with E-state index in [1.165, 1.54) is 23.3 Å². The topological polar surface area (TPSA) is 100 Å². The molecular weight excluding hydrogens is 478 g/mol. The standard InChI is InChI=1S/C30H33N5O3/c1-4-30(2,3)31-29(38)28(21-13-16-24(36)17-14-21)35(23-15-12-20-8-7-9-22(20)18-23)27(37)19-34-26-11-6-5-10-25(26)32-33-34/h5-6,10-18,28,36H,4,7-9,19H2,1-3H3,(H,31,38)/t28-/m1/s1. The molecule has 196 valence electrons. The van der Waals surface area contributed by atoms with E-state index in [1.54, 1.807) is 21.7 Å². The minimum atomic E-state index is -0.955. The van der Waals surface area contributed by atoms with Crippen molar-refractivity contribution in [3.05, 3.63) is 83.4 Å². The summed E-state index contributed by atoms with van der Waals surface area (Å²) in [6.45, 7) is 5.84. The van der Waals surface area contributed by atoms with Crippen molar-refractivity contribution in [2.45, 2.75) is 64.6 Å². The van der Waals surface area contributed by atoms with E-state index in [-0.39, 0.29) is 24.1 Å². The Morgan fingerprint density at radius 2 is 1.79 bits per heavy atom. The molecule has 0 saturated carbocycles. The van der Waals surface area contributed by atoms with Gasteiger partial charge in [0, 0.05) is 11.2 Å². The Hall–Kier alpha value is -4.20. The van der Waals surface area contributed by atoms with Crippen molar-refractivity contribution in [3.8, 4) is 5.75 Å². The predicted octanol–water partition coefficient (Wildman–Crippen LogP) is 4.70. The summed E-state index contributed by atoms with van der Waals surface area (Å²) in [4.78, 5) is 29.7. The molecule has 0 unspecified atom stereocenters. The van der Waals surface area contributed by atoms with Crippen molar-refractivity contribution in [1.29, 1.82) is 0 Å². The first kappa shape index (κ1) is 25.4. The highest BCUT2D eigenvalue weighted by Gasteiger charge is 2.35. The third-order valence-corrected chi connectivity index (χ3v) is 7.40. The van der Waals surface area contributed by atoms with Gasteiger partial charge in [-0.15, -0.1) is 5.10 Å². The lowest BCUT2D eigenvalue weighted by Crippen LogP contribution is -2.51. The monoisotopic (exact) mass is 511 g/mol. The number of phenols is 1. The molecule has 2 N–H and O–H groups in total. The molecular formula is C30H33N5O3. The number of rotatable bonds is 8. The maximum Gasteiger partial charge on any atom is 0.249 e. The van der Waals surface area contributed by atoms with Gasteiger partial charge in [0.1, 0.15) is 23.9 Å². The third-order valence-electron chi connectivity index (χ3n) is 7.40. The van der Waals surface area contributed by atoms with E-state index in [0.717, 1.165) is 31.2 Å². The molecule has 5 rings (SSSR count). The van der Waals surface area contributed by atoms with Crippen molar-refractivity contribution in [2.75, 3.05) is 4.90 Å². The van der Waals surface area contributed by atoms with Crippen molar-refractivity contribution in [2.24, 2.45) is 0 Å². The van der Waals surface area contributed by atoms with E-state index in [9.17, 15) is 14.7 Å². The number of aromatic hydroxyl groups is 1. The number of fused-ring (bicyclic) bond motifs is 2. The summed E-state index contributed by atoms with van der Waals surface area (Å²) in [5.74, 6) is -0.493. The Kier molecular flexibility index (Phi) is 6.89. The number of anilines is 1. The number of aromatic nitrogens is 3. The second-order valence-electron chi connectivity index (χ2n) is 10.5. The number of carbonyl (C=O) groups is 2. The second kappa shape index (κ2) is 10.3. The quantitative estimate of drug-likeness (QED) is 0.357. The highest BCUT2D eigenvalue weighted by atomic mass is 16.3. The third kappa shape index (κ3) is 5.11. The zero-order valence-corrected chi connectivity index (χ0v) is 22.0. The molecule has 0 spiro atoms. The first-order valence-corrected chi connectivity index (χ1v) is 13.1. The largest absolute Gasteiger partial charge is 0.508 e. The van der Waals surface area contributed by atoms with Crippen LogP contribution in [-0.4, -0.2) is 37.5 Å². The van der Waals surface area contributed by atoms with E-state index in [4.69, 9.17) is 0 Å². The molecule has 3 aromatic carbocycles. The molecule has 8 heteroatoms. The predicted molar refractivity (Wildman–Crippen MR) is 147 cm³/mol. The first-order valence-electron chi connectivity index (χ1n) is 13.1. The number of nitrogens with zero attached hydrogens (tertiary/aromatic N) is 4. The van der Waals surface area contributed by atoms with Crippen LogP contribution in [0.4, 0.5) is 5.69 Å². The molecule has 0 aliphatic heterocycles. The molecule has 0 bridgehead atoms. The van der Waals surface area contributed by atoms with E-state index in [2.05, 4.69) is 21.7 Å². The Labute approximate surface area is 222 Å². The van der Waals surface area contributed by atoms with Gasteiger partial charge in [-0.3, -0.25) is 14.5 Å². The molecule has 38 heavy (non-hydrogen) atoms. The molecule has 1 aromatic heterocycles. The van der Waals surface area contributed by atoms with Crippen LogP contribution in [0.2, 0.25) is 0 Å². The Morgan fingerprint density at radius 3 is 2.55 bits per heavy atom. The summed E-state index contributed by atoms with van der Waals surface area (Å²) in [6, 6.07) is 19.0. The van der Waals surface area contributed by atoms with Gasteiger partial charge in [-0.1, -0.05) is 42.5 Å². The van der Waals surface area contributed by atoms with Crippen LogP contribution in [0.15, 0.2) is 66.7 Å². The molecule has 0 saturated heterocycles. The zero-order chi connectivity index (χ0) is 26.9. The van der Waals surface area contributed by atoms with Gasteiger partial charge >= 0.3 is 0 Å². The minimum absolute atomic E-state index is 0.0867. The number of benzene rings is 3. The SMILES string of the molecule is CCC(C)(C)NC(=O)[C@@H](c1ccc(O)cc1)N(C(=O)Cn1nnc2ccccc21)c1ccc2c(c1)CCC2. The lowest BCUT2D eigenvalue weighted by Gasteiger charge is -2.35.